The van der Waals surface area contributed by atoms with Crippen LogP contribution in [0.15, 0.2) is 36.9 Å². The summed E-state index contributed by atoms with van der Waals surface area (Å²) < 4.78 is 56.3. The molecule has 30 heavy (non-hydrogen) atoms. The molecule has 2 saturated heterocycles. The van der Waals surface area contributed by atoms with Crippen LogP contribution < -0.4 is 9.64 Å². The van der Waals surface area contributed by atoms with Crippen LogP contribution in [0.5, 0.6) is 5.75 Å². The van der Waals surface area contributed by atoms with Crippen LogP contribution in [0.3, 0.4) is 0 Å². The summed E-state index contributed by atoms with van der Waals surface area (Å²) in [6, 6.07) is 3.74. The van der Waals surface area contributed by atoms with E-state index in [9.17, 15) is 17.6 Å². The van der Waals surface area contributed by atoms with E-state index in [1.807, 2.05) is 12.1 Å². The van der Waals surface area contributed by atoms with E-state index < -0.39 is 18.0 Å². The van der Waals surface area contributed by atoms with Gasteiger partial charge in [-0.1, -0.05) is 0 Å². The second-order valence-electron chi connectivity index (χ2n) is 6.94. The molecule has 1 N–H and O–H groups in total. The molecule has 0 saturated carbocycles. The highest BCUT2D eigenvalue weighted by Gasteiger charge is 2.52. The van der Waals surface area contributed by atoms with Crippen LogP contribution in [0, 0.1) is 17.2 Å². The number of aromatic nitrogens is 3. The molecular weight excluding hydrogens is 412 g/mol. The summed E-state index contributed by atoms with van der Waals surface area (Å²) in [5.74, 6) is -1.52. The van der Waals surface area contributed by atoms with E-state index in [2.05, 4.69) is 19.9 Å². The Morgan fingerprint density at radius 3 is 2.63 bits per heavy atom. The number of rotatable bonds is 4. The lowest BCUT2D eigenvalue weighted by molar-refractivity contribution is -0.192. The molecule has 0 radical (unpaired) electrons. The van der Waals surface area contributed by atoms with Crippen LogP contribution in [0.1, 0.15) is 0 Å². The lowest BCUT2D eigenvalue weighted by atomic mass is 9.82. The Labute approximate surface area is 168 Å². The fourth-order valence-electron chi connectivity index (χ4n) is 3.32. The Morgan fingerprint density at radius 2 is 2.03 bits per heavy atom. The molecule has 8 nitrogen and oxygen atoms in total. The number of halogens is 4. The number of anilines is 1. The first-order valence-electron chi connectivity index (χ1n) is 8.83. The van der Waals surface area contributed by atoms with E-state index in [-0.39, 0.29) is 5.41 Å². The molecule has 0 bridgehead atoms. The SMILES string of the molecule is Fc1cnc(N2C[C@@H]3COC[C@]3(COc3cccnc3)C2)nc1.O=C(O)C(F)(F)F. The molecule has 4 rings (SSSR count). The summed E-state index contributed by atoms with van der Waals surface area (Å²) in [5.41, 5.74) is -0.0897. The van der Waals surface area contributed by atoms with E-state index in [4.69, 9.17) is 19.4 Å². The third-order valence-corrected chi connectivity index (χ3v) is 4.81. The number of carbonyl (C=O) groups is 1. The summed E-state index contributed by atoms with van der Waals surface area (Å²) in [6.45, 7) is 3.44. The molecule has 0 aliphatic carbocycles. The lowest BCUT2D eigenvalue weighted by Gasteiger charge is -2.27. The average Bonchev–Trinajstić information content (AvgIpc) is 3.25. The fourth-order valence-corrected chi connectivity index (χ4v) is 3.32. The minimum atomic E-state index is -5.08. The van der Waals surface area contributed by atoms with Crippen molar-refractivity contribution < 1.29 is 36.9 Å². The largest absolute Gasteiger partial charge is 0.491 e. The summed E-state index contributed by atoms with van der Waals surface area (Å²) in [7, 11) is 0. The standard InChI is InChI=1S/C16H17FN4O2.C2HF3O2/c17-13-4-19-15(20-5-13)21-7-12-8-22-10-16(12,9-21)11-23-14-2-1-3-18-6-14;3-2(4,5)1(6)7/h1-6,12H,7-11H2;(H,6,7)/t12-,16+;/m1./s1. The van der Waals surface area contributed by atoms with Gasteiger partial charge in [-0.3, -0.25) is 4.98 Å². The van der Waals surface area contributed by atoms with Gasteiger partial charge in [0.15, 0.2) is 5.82 Å². The molecule has 162 valence electrons. The van der Waals surface area contributed by atoms with E-state index in [1.165, 1.54) is 12.4 Å². The first-order valence-corrected chi connectivity index (χ1v) is 8.83. The van der Waals surface area contributed by atoms with Crippen LogP contribution in [0.25, 0.3) is 0 Å². The zero-order valence-electron chi connectivity index (χ0n) is 15.5. The number of fused-ring (bicyclic) bond motifs is 1. The van der Waals surface area contributed by atoms with Gasteiger partial charge >= 0.3 is 12.1 Å². The summed E-state index contributed by atoms with van der Waals surface area (Å²) in [6.07, 6.45) is 0.741. The molecule has 0 unspecified atom stereocenters. The van der Waals surface area contributed by atoms with Crippen molar-refractivity contribution in [3.05, 3.63) is 42.7 Å². The maximum Gasteiger partial charge on any atom is 0.490 e. The molecule has 2 aliphatic rings. The van der Waals surface area contributed by atoms with Crippen molar-refractivity contribution in [2.45, 2.75) is 6.18 Å². The Morgan fingerprint density at radius 1 is 1.33 bits per heavy atom. The third kappa shape index (κ3) is 5.12. The van der Waals surface area contributed by atoms with Gasteiger partial charge in [-0.05, 0) is 12.1 Å². The van der Waals surface area contributed by atoms with Gasteiger partial charge in [0.25, 0.3) is 0 Å². The van der Waals surface area contributed by atoms with E-state index in [0.29, 0.717) is 31.7 Å². The predicted molar refractivity (Wildman–Crippen MR) is 94.4 cm³/mol. The Kier molecular flexibility index (Phi) is 6.34. The number of nitrogens with zero attached hydrogens (tertiary/aromatic N) is 4. The highest BCUT2D eigenvalue weighted by Crippen LogP contribution is 2.42. The third-order valence-electron chi connectivity index (χ3n) is 4.81. The topological polar surface area (TPSA) is 97.7 Å². The minimum Gasteiger partial charge on any atom is -0.491 e. The first-order chi connectivity index (χ1) is 14.2. The monoisotopic (exact) mass is 430 g/mol. The second-order valence-corrected chi connectivity index (χ2v) is 6.94. The van der Waals surface area contributed by atoms with Gasteiger partial charge in [0.1, 0.15) is 5.75 Å². The maximum absolute atomic E-state index is 13.0. The zero-order valence-corrected chi connectivity index (χ0v) is 15.5. The first kappa shape index (κ1) is 21.7. The summed E-state index contributed by atoms with van der Waals surface area (Å²) >= 11 is 0. The van der Waals surface area contributed by atoms with Crippen molar-refractivity contribution in [1.82, 2.24) is 15.0 Å². The number of hydrogen-bond donors (Lipinski definition) is 1. The number of ether oxygens (including phenoxy) is 2. The van der Waals surface area contributed by atoms with Crippen molar-refractivity contribution in [3.63, 3.8) is 0 Å². The molecule has 2 aliphatic heterocycles. The van der Waals surface area contributed by atoms with E-state index in [0.717, 1.165) is 18.8 Å². The molecule has 0 spiro atoms. The van der Waals surface area contributed by atoms with Gasteiger partial charge in [0, 0.05) is 25.2 Å². The van der Waals surface area contributed by atoms with Crippen molar-refractivity contribution in [2.24, 2.45) is 11.3 Å². The molecule has 2 aromatic rings. The number of carboxylic acids is 1. The van der Waals surface area contributed by atoms with Gasteiger partial charge in [-0.25, -0.2) is 19.2 Å². The Balaban J connectivity index is 0.000000318. The second kappa shape index (κ2) is 8.78. The highest BCUT2D eigenvalue weighted by atomic mass is 19.4. The number of aliphatic carboxylic acids is 1. The zero-order chi connectivity index (χ0) is 21.8. The van der Waals surface area contributed by atoms with Crippen LogP contribution in [0.4, 0.5) is 23.5 Å². The molecule has 12 heteroatoms. The van der Waals surface area contributed by atoms with Gasteiger partial charge in [-0.2, -0.15) is 13.2 Å². The van der Waals surface area contributed by atoms with Crippen molar-refractivity contribution in [1.29, 1.82) is 0 Å². The Bertz CT molecular complexity index is 854. The van der Waals surface area contributed by atoms with Crippen molar-refractivity contribution in [2.75, 3.05) is 37.8 Å². The van der Waals surface area contributed by atoms with Crippen molar-refractivity contribution >= 4 is 11.9 Å². The van der Waals surface area contributed by atoms with Crippen LogP contribution >= 0.6 is 0 Å². The number of pyridine rings is 1. The predicted octanol–water partition coefficient (Wildman–Crippen LogP) is 2.18. The Hall–Kier alpha value is -3.02. The van der Waals surface area contributed by atoms with Crippen LogP contribution in [0.2, 0.25) is 0 Å². The number of carboxylic acid groups (broad SMARTS) is 1. The van der Waals surface area contributed by atoms with Gasteiger partial charge in [0.05, 0.1) is 43.8 Å². The molecule has 0 aromatic carbocycles. The lowest BCUT2D eigenvalue weighted by Crippen LogP contribution is -2.37. The van der Waals surface area contributed by atoms with Gasteiger partial charge in [0.2, 0.25) is 5.95 Å². The summed E-state index contributed by atoms with van der Waals surface area (Å²) in [5, 5.41) is 7.12. The molecule has 2 atom stereocenters. The fraction of sp³-hybridized carbons (Fsp3) is 0.444. The number of hydrogen-bond acceptors (Lipinski definition) is 7. The van der Waals surface area contributed by atoms with Gasteiger partial charge in [-0.15, -0.1) is 0 Å². The van der Waals surface area contributed by atoms with E-state index in [1.54, 1.807) is 12.4 Å². The smallest absolute Gasteiger partial charge is 0.490 e. The van der Waals surface area contributed by atoms with E-state index >= 15 is 0 Å². The molecule has 2 fully saturated rings. The molecule has 0 amide bonds. The normalized spacial score (nSPS) is 22.8. The van der Waals surface area contributed by atoms with Crippen LogP contribution in [-0.2, 0) is 9.53 Å². The molecular formula is C18H18F4N4O4. The quantitative estimate of drug-likeness (QED) is 0.738. The van der Waals surface area contributed by atoms with Gasteiger partial charge < -0.3 is 19.5 Å². The highest BCUT2D eigenvalue weighted by molar-refractivity contribution is 5.73. The minimum absolute atomic E-state index is 0.0897. The van der Waals surface area contributed by atoms with Crippen LogP contribution in [-0.4, -0.2) is 65.1 Å². The molecule has 4 heterocycles. The van der Waals surface area contributed by atoms with Crippen molar-refractivity contribution in [3.8, 4) is 5.75 Å². The number of alkyl halides is 3. The molecule has 2 aromatic heterocycles. The maximum atomic E-state index is 13.0. The summed E-state index contributed by atoms with van der Waals surface area (Å²) in [4.78, 5) is 23.2. The average molecular weight is 430 g/mol.